The van der Waals surface area contributed by atoms with Crippen LogP contribution in [-0.4, -0.2) is 78.1 Å². The molecule has 0 aliphatic carbocycles. The molecule has 220 valence electrons. The molecule has 4 rings (SSSR count). The first kappa shape index (κ1) is 30.7. The molecule has 1 aliphatic rings. The molecule has 2 aromatic carbocycles. The van der Waals surface area contributed by atoms with Gasteiger partial charge in [0.05, 0.1) is 23.3 Å². The van der Waals surface area contributed by atoms with Crippen molar-refractivity contribution in [1.29, 1.82) is 5.26 Å². The van der Waals surface area contributed by atoms with Gasteiger partial charge < -0.3 is 30.5 Å². The van der Waals surface area contributed by atoms with Gasteiger partial charge in [0.15, 0.2) is 0 Å². The third-order valence-corrected chi connectivity index (χ3v) is 7.77. The Labute approximate surface area is 247 Å². The van der Waals surface area contributed by atoms with E-state index >= 15 is 0 Å². The van der Waals surface area contributed by atoms with Crippen LogP contribution in [0.1, 0.15) is 65.2 Å². The Hall–Kier alpha value is -4.23. The number of aryl methyl sites for hydroxylation is 1. The van der Waals surface area contributed by atoms with Crippen molar-refractivity contribution in [3.63, 3.8) is 0 Å². The Morgan fingerprint density at radius 1 is 1.14 bits per heavy atom. The minimum atomic E-state index is -0.524. The summed E-state index contributed by atoms with van der Waals surface area (Å²) >= 11 is 0. The van der Waals surface area contributed by atoms with Crippen LogP contribution in [0.2, 0.25) is 0 Å². The van der Waals surface area contributed by atoms with Crippen molar-refractivity contribution in [2.75, 3.05) is 45.6 Å². The second kappa shape index (κ2) is 13.2. The standard InChI is InChI=1S/C33H40N6O3/c1-7-39(8-2)19-25(40)18-35-20(3)30-21(4)36-29(31(30)23-11-9-22(17-34)10-12-23)16-27-26-15-24(33(42)38(5)6)13-14-28(26)37-32(27)41/h9-16,20,25,35-36,40H,7-8,18-19H2,1-6H3,(H,37,41). The van der Waals surface area contributed by atoms with Crippen LogP contribution in [0, 0.1) is 18.3 Å². The monoisotopic (exact) mass is 568 g/mol. The number of hydrogen-bond donors (Lipinski definition) is 4. The number of likely N-dealkylation sites (N-methyl/N-ethyl adjacent to an activating group) is 1. The van der Waals surface area contributed by atoms with Gasteiger partial charge >= 0.3 is 0 Å². The van der Waals surface area contributed by atoms with E-state index in [-0.39, 0.29) is 17.9 Å². The van der Waals surface area contributed by atoms with Gasteiger partial charge in [0.25, 0.3) is 11.8 Å². The fourth-order valence-electron chi connectivity index (χ4n) is 5.46. The molecule has 42 heavy (non-hydrogen) atoms. The average Bonchev–Trinajstić information content (AvgIpc) is 3.48. The summed E-state index contributed by atoms with van der Waals surface area (Å²) in [4.78, 5) is 33.0. The van der Waals surface area contributed by atoms with Crippen molar-refractivity contribution in [3.8, 4) is 17.2 Å². The van der Waals surface area contributed by atoms with Gasteiger partial charge in [0, 0.05) is 67.0 Å². The fraction of sp³-hybridized carbons (Fsp3) is 0.364. The van der Waals surface area contributed by atoms with Gasteiger partial charge in [0.2, 0.25) is 0 Å². The van der Waals surface area contributed by atoms with E-state index in [1.54, 1.807) is 44.4 Å². The molecule has 2 unspecified atom stereocenters. The summed E-state index contributed by atoms with van der Waals surface area (Å²) in [6.07, 6.45) is 1.31. The quantitative estimate of drug-likeness (QED) is 0.254. The first-order valence-corrected chi connectivity index (χ1v) is 14.3. The molecular weight excluding hydrogens is 528 g/mol. The van der Waals surface area contributed by atoms with Crippen molar-refractivity contribution >= 4 is 29.2 Å². The summed E-state index contributed by atoms with van der Waals surface area (Å²) in [5.41, 5.74) is 7.31. The van der Waals surface area contributed by atoms with Crippen LogP contribution in [0.3, 0.4) is 0 Å². The second-order valence-electron chi connectivity index (χ2n) is 10.9. The van der Waals surface area contributed by atoms with E-state index in [2.05, 4.69) is 47.4 Å². The van der Waals surface area contributed by atoms with E-state index in [4.69, 9.17) is 0 Å². The molecule has 0 bridgehead atoms. The van der Waals surface area contributed by atoms with Gasteiger partial charge in [-0.25, -0.2) is 0 Å². The zero-order valence-electron chi connectivity index (χ0n) is 25.2. The Morgan fingerprint density at radius 2 is 1.83 bits per heavy atom. The van der Waals surface area contributed by atoms with E-state index < -0.39 is 6.10 Å². The number of H-pyrrole nitrogens is 1. The molecule has 2 atom stereocenters. The highest BCUT2D eigenvalue weighted by Crippen LogP contribution is 2.39. The molecule has 4 N–H and O–H groups in total. The third kappa shape index (κ3) is 6.47. The molecule has 1 aliphatic heterocycles. The van der Waals surface area contributed by atoms with E-state index in [1.807, 2.05) is 25.1 Å². The first-order chi connectivity index (χ1) is 20.1. The Kier molecular flexibility index (Phi) is 9.63. The molecule has 1 aromatic heterocycles. The second-order valence-corrected chi connectivity index (χ2v) is 10.9. The predicted molar refractivity (Wildman–Crippen MR) is 167 cm³/mol. The number of aliphatic hydroxyl groups is 1. The van der Waals surface area contributed by atoms with Crippen molar-refractivity contribution in [2.45, 2.75) is 39.8 Å². The maximum absolute atomic E-state index is 13.2. The van der Waals surface area contributed by atoms with Gasteiger partial charge in [-0.2, -0.15) is 5.26 Å². The lowest BCUT2D eigenvalue weighted by Crippen LogP contribution is -2.39. The van der Waals surface area contributed by atoms with Crippen molar-refractivity contribution in [3.05, 3.63) is 76.1 Å². The number of nitrogens with zero attached hydrogens (tertiary/aromatic N) is 3. The maximum atomic E-state index is 13.2. The van der Waals surface area contributed by atoms with Crippen LogP contribution in [0.25, 0.3) is 22.8 Å². The number of aromatic nitrogens is 1. The Bertz CT molecular complexity index is 1530. The van der Waals surface area contributed by atoms with Crippen LogP contribution in [0.15, 0.2) is 42.5 Å². The molecule has 2 heterocycles. The lowest BCUT2D eigenvalue weighted by Gasteiger charge is -2.24. The predicted octanol–water partition coefficient (Wildman–Crippen LogP) is 4.41. The summed E-state index contributed by atoms with van der Waals surface area (Å²) < 4.78 is 0. The number of carbonyl (C=O) groups excluding carboxylic acids is 2. The van der Waals surface area contributed by atoms with Crippen molar-refractivity contribution in [1.82, 2.24) is 20.1 Å². The molecule has 3 aromatic rings. The van der Waals surface area contributed by atoms with Crippen LogP contribution in [0.5, 0.6) is 0 Å². The van der Waals surface area contributed by atoms with Gasteiger partial charge in [-0.15, -0.1) is 0 Å². The molecule has 0 radical (unpaired) electrons. The number of nitriles is 1. The van der Waals surface area contributed by atoms with Crippen LogP contribution in [0.4, 0.5) is 5.69 Å². The van der Waals surface area contributed by atoms with E-state index in [0.717, 1.165) is 41.2 Å². The highest BCUT2D eigenvalue weighted by Gasteiger charge is 2.28. The Balaban J connectivity index is 1.76. The highest BCUT2D eigenvalue weighted by atomic mass is 16.3. The number of carbonyl (C=O) groups is 2. The average molecular weight is 569 g/mol. The van der Waals surface area contributed by atoms with E-state index in [9.17, 15) is 20.0 Å². The summed E-state index contributed by atoms with van der Waals surface area (Å²) in [7, 11) is 3.39. The fourth-order valence-corrected chi connectivity index (χ4v) is 5.46. The zero-order chi connectivity index (χ0) is 30.6. The lowest BCUT2D eigenvalue weighted by atomic mass is 9.94. The number of rotatable bonds is 11. The number of fused-ring (bicyclic) bond motifs is 1. The number of nitrogens with one attached hydrogen (secondary N) is 3. The largest absolute Gasteiger partial charge is 0.390 e. The van der Waals surface area contributed by atoms with Crippen LogP contribution < -0.4 is 10.6 Å². The summed E-state index contributed by atoms with van der Waals surface area (Å²) in [5.74, 6) is -0.388. The van der Waals surface area contributed by atoms with Crippen molar-refractivity contribution in [2.24, 2.45) is 0 Å². The summed E-state index contributed by atoms with van der Waals surface area (Å²) in [5, 5.41) is 26.4. The summed E-state index contributed by atoms with van der Waals surface area (Å²) in [6.45, 7) is 11.0. The molecule has 0 spiro atoms. The summed E-state index contributed by atoms with van der Waals surface area (Å²) in [6, 6.07) is 14.6. The van der Waals surface area contributed by atoms with Gasteiger partial charge in [-0.3, -0.25) is 9.59 Å². The normalized spacial score (nSPS) is 14.9. The molecule has 9 nitrogen and oxygen atoms in total. The maximum Gasteiger partial charge on any atom is 0.256 e. The highest BCUT2D eigenvalue weighted by molar-refractivity contribution is 6.35. The number of aromatic amines is 1. The first-order valence-electron chi connectivity index (χ1n) is 14.3. The number of hydrogen-bond acceptors (Lipinski definition) is 6. The zero-order valence-corrected chi connectivity index (χ0v) is 25.2. The third-order valence-electron chi connectivity index (χ3n) is 7.77. The SMILES string of the molecule is CCN(CC)CC(O)CNC(C)c1c(C)[nH]c(C=C2C(=O)Nc3ccc(C(=O)N(C)C)cc32)c1-c1ccc(C#N)cc1. The number of aliphatic hydroxyl groups excluding tert-OH is 1. The molecule has 0 saturated carbocycles. The minimum absolute atomic E-state index is 0.126. The lowest BCUT2D eigenvalue weighted by molar-refractivity contribution is -0.110. The number of anilines is 1. The topological polar surface area (TPSA) is 124 Å². The smallest absolute Gasteiger partial charge is 0.256 e. The minimum Gasteiger partial charge on any atom is -0.390 e. The van der Waals surface area contributed by atoms with E-state index in [0.29, 0.717) is 41.0 Å². The van der Waals surface area contributed by atoms with Crippen molar-refractivity contribution < 1.29 is 14.7 Å². The molecule has 9 heteroatoms. The van der Waals surface area contributed by atoms with Crippen LogP contribution >= 0.6 is 0 Å². The molecule has 0 saturated heterocycles. The number of amides is 2. The van der Waals surface area contributed by atoms with Gasteiger partial charge in [-0.1, -0.05) is 26.0 Å². The van der Waals surface area contributed by atoms with Crippen LogP contribution in [-0.2, 0) is 4.79 Å². The molecule has 2 amide bonds. The van der Waals surface area contributed by atoms with E-state index in [1.165, 1.54) is 4.90 Å². The van der Waals surface area contributed by atoms with Gasteiger partial charge in [-0.05, 0) is 74.5 Å². The number of benzene rings is 2. The molecule has 0 fully saturated rings. The van der Waals surface area contributed by atoms with Gasteiger partial charge in [0.1, 0.15) is 0 Å². The molecular formula is C33H40N6O3. The Morgan fingerprint density at radius 3 is 2.45 bits per heavy atom.